The van der Waals surface area contributed by atoms with Crippen molar-refractivity contribution in [3.8, 4) is 11.3 Å². The molecule has 0 spiro atoms. The van der Waals surface area contributed by atoms with Gasteiger partial charge in [0.15, 0.2) is 0 Å². The fourth-order valence-electron chi connectivity index (χ4n) is 4.27. The van der Waals surface area contributed by atoms with Crippen LogP contribution in [0.25, 0.3) is 11.3 Å². The van der Waals surface area contributed by atoms with Crippen LogP contribution in [0.3, 0.4) is 0 Å². The molecule has 1 aromatic heterocycles. The van der Waals surface area contributed by atoms with Crippen LogP contribution in [0.5, 0.6) is 0 Å². The van der Waals surface area contributed by atoms with E-state index < -0.39 is 0 Å². The van der Waals surface area contributed by atoms with Crippen LogP contribution in [0.4, 0.5) is 0 Å². The Kier molecular flexibility index (Phi) is 5.35. The number of thioether (sulfide) groups is 1. The van der Waals surface area contributed by atoms with Gasteiger partial charge in [0.25, 0.3) is 5.91 Å². The Morgan fingerprint density at radius 3 is 2.29 bits per heavy atom. The second kappa shape index (κ2) is 8.44. The number of aromatic nitrogens is 2. The van der Waals surface area contributed by atoms with Crippen molar-refractivity contribution in [3.63, 3.8) is 0 Å². The fraction of sp³-hybridized carbons (Fsp3) is 0.154. The van der Waals surface area contributed by atoms with E-state index in [-0.39, 0.29) is 11.9 Å². The molecule has 0 radical (unpaired) electrons. The van der Waals surface area contributed by atoms with Crippen LogP contribution in [0.1, 0.15) is 33.2 Å². The predicted octanol–water partition coefficient (Wildman–Crippen LogP) is 5.59. The number of hydrogen-bond donors (Lipinski definition) is 1. The van der Waals surface area contributed by atoms with Crippen LogP contribution in [-0.4, -0.2) is 33.8 Å². The molecule has 2 heterocycles. The minimum absolute atomic E-state index is 0.0135. The summed E-state index contributed by atoms with van der Waals surface area (Å²) >= 11 is 1.72. The van der Waals surface area contributed by atoms with E-state index in [0.29, 0.717) is 12.2 Å². The van der Waals surface area contributed by atoms with Gasteiger partial charge in [-0.2, -0.15) is 5.10 Å². The molecule has 1 aliphatic rings. The summed E-state index contributed by atoms with van der Waals surface area (Å²) in [5.74, 6) is 0.0135. The molecule has 3 aromatic carbocycles. The largest absolute Gasteiger partial charge is 0.326 e. The summed E-state index contributed by atoms with van der Waals surface area (Å²) in [5.41, 5.74) is 5.78. The maximum absolute atomic E-state index is 13.4. The minimum atomic E-state index is -0.156. The second-order valence-corrected chi connectivity index (χ2v) is 8.52. The lowest BCUT2D eigenvalue weighted by molar-refractivity contribution is 0.0746. The van der Waals surface area contributed by atoms with Crippen molar-refractivity contribution in [3.05, 3.63) is 107 Å². The number of carbonyl (C=O) groups excluding carboxylic acids is 1. The molecule has 1 N–H and O–H groups in total. The number of rotatable bonds is 6. The number of aromatic amines is 1. The molecule has 5 heteroatoms. The predicted molar refractivity (Wildman–Crippen MR) is 125 cm³/mol. The van der Waals surface area contributed by atoms with Gasteiger partial charge in [-0.25, -0.2) is 0 Å². The van der Waals surface area contributed by atoms with Crippen molar-refractivity contribution in [1.82, 2.24) is 15.1 Å². The third-order valence-electron chi connectivity index (χ3n) is 5.83. The van der Waals surface area contributed by atoms with E-state index >= 15 is 0 Å². The topological polar surface area (TPSA) is 49.0 Å². The second-order valence-electron chi connectivity index (χ2n) is 7.64. The summed E-state index contributed by atoms with van der Waals surface area (Å²) in [6.07, 6.45) is 2.88. The highest BCUT2D eigenvalue weighted by molar-refractivity contribution is 7.98. The number of carbonyl (C=O) groups is 1. The van der Waals surface area contributed by atoms with Crippen molar-refractivity contribution in [1.29, 1.82) is 0 Å². The molecular formula is C26H23N3OS. The molecule has 0 bridgehead atoms. The number of fused-ring (bicyclic) bond motifs is 1. The van der Waals surface area contributed by atoms with Crippen LogP contribution in [0.2, 0.25) is 0 Å². The molecule has 0 aliphatic carbocycles. The third-order valence-corrected chi connectivity index (χ3v) is 6.57. The van der Waals surface area contributed by atoms with E-state index in [4.69, 9.17) is 0 Å². The molecule has 1 atom stereocenters. The van der Waals surface area contributed by atoms with E-state index in [1.54, 1.807) is 11.8 Å². The van der Waals surface area contributed by atoms with Gasteiger partial charge in [-0.1, -0.05) is 72.8 Å². The summed E-state index contributed by atoms with van der Waals surface area (Å²) in [5, 5.41) is 7.58. The van der Waals surface area contributed by atoms with Crippen molar-refractivity contribution in [2.75, 3.05) is 12.8 Å². The molecule has 1 amide bonds. The first-order chi connectivity index (χ1) is 15.3. The number of nitrogens with one attached hydrogen (secondary N) is 1. The number of H-pyrrole nitrogens is 1. The normalized spacial score (nSPS) is 15.3. The lowest BCUT2D eigenvalue weighted by Gasteiger charge is -2.26. The monoisotopic (exact) mass is 425 g/mol. The van der Waals surface area contributed by atoms with Gasteiger partial charge in [0.2, 0.25) is 0 Å². The van der Waals surface area contributed by atoms with Crippen molar-refractivity contribution < 1.29 is 4.79 Å². The average molecular weight is 426 g/mol. The Balaban J connectivity index is 1.57. The zero-order valence-electron chi connectivity index (χ0n) is 17.3. The zero-order chi connectivity index (χ0) is 21.2. The first kappa shape index (κ1) is 19.6. The molecule has 5 rings (SSSR count). The molecule has 154 valence electrons. The molecule has 31 heavy (non-hydrogen) atoms. The highest BCUT2D eigenvalue weighted by Gasteiger charge is 2.41. The smallest absolute Gasteiger partial charge is 0.273 e. The van der Waals surface area contributed by atoms with Gasteiger partial charge in [0.1, 0.15) is 5.69 Å². The van der Waals surface area contributed by atoms with Crippen LogP contribution < -0.4 is 0 Å². The van der Waals surface area contributed by atoms with Gasteiger partial charge < -0.3 is 4.90 Å². The molecule has 4 aromatic rings. The Labute approximate surface area is 186 Å². The Bertz CT molecular complexity index is 1190. The van der Waals surface area contributed by atoms with Crippen LogP contribution >= 0.6 is 11.8 Å². The molecule has 4 nitrogen and oxygen atoms in total. The molecule has 0 fully saturated rings. The lowest BCUT2D eigenvalue weighted by atomic mass is 9.96. The molecule has 0 saturated carbocycles. The highest BCUT2D eigenvalue weighted by atomic mass is 32.2. The number of benzene rings is 3. The summed E-state index contributed by atoms with van der Waals surface area (Å²) in [6.45, 7) is 0.647. The molecule has 1 unspecified atom stereocenters. The summed E-state index contributed by atoms with van der Waals surface area (Å²) in [4.78, 5) is 16.6. The quantitative estimate of drug-likeness (QED) is 0.410. The number of amides is 1. The van der Waals surface area contributed by atoms with Crippen LogP contribution in [-0.2, 0) is 6.42 Å². The Morgan fingerprint density at radius 2 is 1.61 bits per heavy atom. The lowest BCUT2D eigenvalue weighted by Crippen LogP contribution is -2.31. The van der Waals surface area contributed by atoms with Gasteiger partial charge in [-0.15, -0.1) is 11.8 Å². The van der Waals surface area contributed by atoms with Crippen LogP contribution in [0.15, 0.2) is 89.8 Å². The first-order valence-electron chi connectivity index (χ1n) is 10.4. The minimum Gasteiger partial charge on any atom is -0.326 e. The standard InChI is InChI=1S/C26H23N3OS/c1-31-21-14-12-20(13-15-21)25-22-23(19-10-6-3-7-11-19)27-28-24(22)26(30)29(25)17-16-18-8-4-2-5-9-18/h2-15,25H,16-17H2,1H3,(H,27,28). The van der Waals surface area contributed by atoms with E-state index in [2.05, 4.69) is 52.9 Å². The number of nitrogens with zero attached hydrogens (tertiary/aromatic N) is 2. The van der Waals surface area contributed by atoms with Crippen molar-refractivity contribution >= 4 is 17.7 Å². The van der Waals surface area contributed by atoms with Gasteiger partial charge in [-0.3, -0.25) is 9.89 Å². The summed E-state index contributed by atoms with van der Waals surface area (Å²) in [7, 11) is 0. The third kappa shape index (κ3) is 3.66. The summed E-state index contributed by atoms with van der Waals surface area (Å²) < 4.78 is 0. The number of hydrogen-bond acceptors (Lipinski definition) is 3. The maximum Gasteiger partial charge on any atom is 0.273 e. The Hall–Kier alpha value is -3.31. The van der Waals surface area contributed by atoms with Gasteiger partial charge >= 0.3 is 0 Å². The van der Waals surface area contributed by atoms with Gasteiger partial charge in [0, 0.05) is 22.6 Å². The SMILES string of the molecule is CSc1ccc(C2c3c(-c4ccccc4)n[nH]c3C(=O)N2CCc2ccccc2)cc1. The molecule has 1 aliphatic heterocycles. The zero-order valence-corrected chi connectivity index (χ0v) is 18.1. The summed E-state index contributed by atoms with van der Waals surface area (Å²) in [6, 6.07) is 28.8. The van der Waals surface area contributed by atoms with E-state index in [1.165, 1.54) is 10.5 Å². The van der Waals surface area contributed by atoms with Gasteiger partial charge in [0.05, 0.1) is 11.7 Å². The fourth-order valence-corrected chi connectivity index (χ4v) is 4.68. The Morgan fingerprint density at radius 1 is 0.935 bits per heavy atom. The maximum atomic E-state index is 13.4. The molecular weight excluding hydrogens is 402 g/mol. The van der Waals surface area contributed by atoms with E-state index in [0.717, 1.165) is 28.8 Å². The van der Waals surface area contributed by atoms with Crippen molar-refractivity contribution in [2.45, 2.75) is 17.4 Å². The molecule has 0 saturated heterocycles. The van der Waals surface area contributed by atoms with E-state index in [9.17, 15) is 4.79 Å². The van der Waals surface area contributed by atoms with Crippen molar-refractivity contribution in [2.24, 2.45) is 0 Å². The average Bonchev–Trinajstić information content (AvgIpc) is 3.38. The van der Waals surface area contributed by atoms with Gasteiger partial charge in [-0.05, 0) is 35.9 Å². The first-order valence-corrected chi connectivity index (χ1v) is 11.6. The van der Waals surface area contributed by atoms with E-state index in [1.807, 2.05) is 53.4 Å². The van der Waals surface area contributed by atoms with Crippen LogP contribution in [0, 0.1) is 0 Å². The highest BCUT2D eigenvalue weighted by Crippen LogP contribution is 2.43.